The summed E-state index contributed by atoms with van der Waals surface area (Å²) in [5, 5.41) is 0. The Morgan fingerprint density at radius 1 is 1.33 bits per heavy atom. The van der Waals surface area contributed by atoms with Gasteiger partial charge in [0, 0.05) is 32.8 Å². The predicted octanol–water partition coefficient (Wildman–Crippen LogP) is 2.05. The molecule has 1 saturated heterocycles. The number of piperidine rings is 1. The zero-order valence-corrected chi connectivity index (χ0v) is 11.7. The third-order valence-corrected chi connectivity index (χ3v) is 3.62. The fraction of sp³-hybridized carbons (Fsp3) is 0.571. The number of hydrogen-bond donors (Lipinski definition) is 1. The monoisotopic (exact) mass is 270 g/mol. The Kier molecular flexibility index (Phi) is 6.65. The molecule has 0 aliphatic carbocycles. The van der Waals surface area contributed by atoms with Gasteiger partial charge in [-0.1, -0.05) is 30.3 Å². The van der Waals surface area contributed by atoms with E-state index in [1.54, 1.807) is 7.11 Å². The van der Waals surface area contributed by atoms with Crippen molar-refractivity contribution < 1.29 is 4.74 Å². The molecule has 2 unspecified atom stereocenters. The van der Waals surface area contributed by atoms with Gasteiger partial charge in [-0.2, -0.15) is 0 Å². The Bertz CT molecular complexity index is 334. The second kappa shape index (κ2) is 7.74. The Hall–Kier alpha value is -0.610. The number of likely N-dealkylation sites (tertiary alicyclic amines) is 1. The molecule has 0 spiro atoms. The Labute approximate surface area is 116 Å². The third-order valence-electron chi connectivity index (χ3n) is 3.62. The molecule has 4 heteroatoms. The molecule has 0 bridgehead atoms. The maximum Gasteiger partial charge on any atom is 0.0599 e. The van der Waals surface area contributed by atoms with E-state index in [1.807, 2.05) is 0 Å². The van der Waals surface area contributed by atoms with Crippen LogP contribution in [0.4, 0.5) is 0 Å². The van der Waals surface area contributed by atoms with Gasteiger partial charge in [0.1, 0.15) is 0 Å². The average molecular weight is 271 g/mol. The van der Waals surface area contributed by atoms with E-state index in [1.165, 1.54) is 5.56 Å². The summed E-state index contributed by atoms with van der Waals surface area (Å²) in [4.78, 5) is 2.48. The number of ether oxygens (including phenoxy) is 1. The molecule has 102 valence electrons. The number of rotatable bonds is 4. The number of methoxy groups -OCH3 is 1. The summed E-state index contributed by atoms with van der Waals surface area (Å²) in [5.74, 6) is 0. The van der Waals surface area contributed by atoms with Crippen molar-refractivity contribution in [2.75, 3.05) is 20.2 Å². The first-order chi connectivity index (χ1) is 8.33. The van der Waals surface area contributed by atoms with Gasteiger partial charge < -0.3 is 10.5 Å². The van der Waals surface area contributed by atoms with Crippen molar-refractivity contribution in [1.82, 2.24) is 4.90 Å². The predicted molar refractivity (Wildman–Crippen MR) is 77.0 cm³/mol. The quantitative estimate of drug-likeness (QED) is 0.910. The van der Waals surface area contributed by atoms with Gasteiger partial charge in [0.05, 0.1) is 6.10 Å². The van der Waals surface area contributed by atoms with Crippen LogP contribution in [-0.2, 0) is 11.3 Å². The number of hydrogen-bond acceptors (Lipinski definition) is 3. The number of nitrogens with zero attached hydrogens (tertiary/aromatic N) is 1. The van der Waals surface area contributed by atoms with Crippen LogP contribution in [-0.4, -0.2) is 37.2 Å². The van der Waals surface area contributed by atoms with Gasteiger partial charge in [-0.3, -0.25) is 4.90 Å². The van der Waals surface area contributed by atoms with Crippen LogP contribution in [0.5, 0.6) is 0 Å². The van der Waals surface area contributed by atoms with Crippen molar-refractivity contribution in [1.29, 1.82) is 0 Å². The molecule has 1 fully saturated rings. The standard InChI is InChI=1S/C14H22N2O.ClH/c1-17-14-7-8-16(13(9-14)10-15)11-12-5-3-2-4-6-12;/h2-6,13-14H,7-11,15H2,1H3;1H. The maximum atomic E-state index is 5.87. The smallest absolute Gasteiger partial charge is 0.0599 e. The van der Waals surface area contributed by atoms with Gasteiger partial charge in [-0.15, -0.1) is 12.4 Å². The van der Waals surface area contributed by atoms with Crippen molar-refractivity contribution in [3.63, 3.8) is 0 Å². The average Bonchev–Trinajstić information content (AvgIpc) is 2.40. The molecular formula is C14H23ClN2O. The highest BCUT2D eigenvalue weighted by atomic mass is 35.5. The fourth-order valence-electron chi connectivity index (χ4n) is 2.55. The van der Waals surface area contributed by atoms with Crippen LogP contribution in [0.15, 0.2) is 30.3 Å². The molecule has 1 aromatic carbocycles. The van der Waals surface area contributed by atoms with E-state index in [0.717, 1.165) is 25.9 Å². The molecule has 18 heavy (non-hydrogen) atoms. The highest BCUT2D eigenvalue weighted by Gasteiger charge is 2.27. The molecule has 1 heterocycles. The third kappa shape index (κ3) is 3.95. The SMILES string of the molecule is COC1CCN(Cc2ccccc2)C(CN)C1.Cl. The zero-order valence-electron chi connectivity index (χ0n) is 10.9. The van der Waals surface area contributed by atoms with E-state index in [0.29, 0.717) is 18.7 Å². The minimum atomic E-state index is 0. The lowest BCUT2D eigenvalue weighted by Crippen LogP contribution is -2.47. The molecule has 1 aromatic rings. The summed E-state index contributed by atoms with van der Waals surface area (Å²) in [6, 6.07) is 11.0. The van der Waals surface area contributed by atoms with Crippen molar-refractivity contribution in [3.8, 4) is 0 Å². The van der Waals surface area contributed by atoms with E-state index in [-0.39, 0.29) is 12.4 Å². The first kappa shape index (κ1) is 15.4. The minimum absolute atomic E-state index is 0. The lowest BCUT2D eigenvalue weighted by molar-refractivity contribution is 0.0102. The van der Waals surface area contributed by atoms with Gasteiger partial charge in [0.2, 0.25) is 0 Å². The molecule has 2 N–H and O–H groups in total. The molecule has 2 atom stereocenters. The van der Waals surface area contributed by atoms with Gasteiger partial charge in [0.15, 0.2) is 0 Å². The van der Waals surface area contributed by atoms with Gasteiger partial charge >= 0.3 is 0 Å². The van der Waals surface area contributed by atoms with Gasteiger partial charge in [-0.25, -0.2) is 0 Å². The minimum Gasteiger partial charge on any atom is -0.381 e. The van der Waals surface area contributed by atoms with Crippen LogP contribution in [0, 0.1) is 0 Å². The van der Waals surface area contributed by atoms with Crippen molar-refractivity contribution >= 4 is 12.4 Å². The summed E-state index contributed by atoms with van der Waals surface area (Å²) < 4.78 is 5.44. The highest BCUT2D eigenvalue weighted by Crippen LogP contribution is 2.21. The number of nitrogens with two attached hydrogens (primary N) is 1. The van der Waals surface area contributed by atoms with Crippen LogP contribution >= 0.6 is 12.4 Å². The summed E-state index contributed by atoms with van der Waals surface area (Å²) in [7, 11) is 1.80. The summed E-state index contributed by atoms with van der Waals surface area (Å²) in [6.07, 6.45) is 2.55. The van der Waals surface area contributed by atoms with Crippen LogP contribution in [0.3, 0.4) is 0 Å². The van der Waals surface area contributed by atoms with Crippen molar-refractivity contribution in [2.45, 2.75) is 31.5 Å². The van der Waals surface area contributed by atoms with E-state index in [2.05, 4.69) is 35.2 Å². The first-order valence-electron chi connectivity index (χ1n) is 6.34. The zero-order chi connectivity index (χ0) is 12.1. The van der Waals surface area contributed by atoms with Crippen LogP contribution < -0.4 is 5.73 Å². The van der Waals surface area contributed by atoms with Gasteiger partial charge in [0.25, 0.3) is 0 Å². The molecule has 2 rings (SSSR count). The molecule has 0 amide bonds. The summed E-state index contributed by atoms with van der Waals surface area (Å²) in [5.41, 5.74) is 7.23. The number of halogens is 1. The van der Waals surface area contributed by atoms with Crippen LogP contribution in [0.25, 0.3) is 0 Å². The molecule has 0 radical (unpaired) electrons. The Balaban J connectivity index is 0.00000162. The summed E-state index contributed by atoms with van der Waals surface area (Å²) in [6.45, 7) is 2.79. The highest BCUT2D eigenvalue weighted by molar-refractivity contribution is 5.85. The van der Waals surface area contributed by atoms with Crippen LogP contribution in [0.1, 0.15) is 18.4 Å². The van der Waals surface area contributed by atoms with E-state index >= 15 is 0 Å². The Morgan fingerprint density at radius 2 is 2.06 bits per heavy atom. The first-order valence-corrected chi connectivity index (χ1v) is 6.34. The second-order valence-electron chi connectivity index (χ2n) is 4.73. The molecule has 1 aliphatic rings. The topological polar surface area (TPSA) is 38.5 Å². The lowest BCUT2D eigenvalue weighted by atomic mass is 9.98. The van der Waals surface area contributed by atoms with E-state index in [9.17, 15) is 0 Å². The fourth-order valence-corrected chi connectivity index (χ4v) is 2.55. The molecule has 0 aromatic heterocycles. The largest absolute Gasteiger partial charge is 0.381 e. The molecule has 0 saturated carbocycles. The second-order valence-corrected chi connectivity index (χ2v) is 4.73. The molecule has 1 aliphatic heterocycles. The lowest BCUT2D eigenvalue weighted by Gasteiger charge is -2.38. The van der Waals surface area contributed by atoms with E-state index < -0.39 is 0 Å². The summed E-state index contributed by atoms with van der Waals surface area (Å²) >= 11 is 0. The molecule has 3 nitrogen and oxygen atoms in total. The molecular weight excluding hydrogens is 248 g/mol. The van der Waals surface area contributed by atoms with Crippen molar-refractivity contribution in [3.05, 3.63) is 35.9 Å². The van der Waals surface area contributed by atoms with Gasteiger partial charge in [-0.05, 0) is 18.4 Å². The maximum absolute atomic E-state index is 5.87. The normalized spacial score (nSPS) is 24.6. The van der Waals surface area contributed by atoms with Crippen molar-refractivity contribution in [2.24, 2.45) is 5.73 Å². The Morgan fingerprint density at radius 3 is 2.67 bits per heavy atom. The number of benzene rings is 1. The van der Waals surface area contributed by atoms with E-state index in [4.69, 9.17) is 10.5 Å². The van der Waals surface area contributed by atoms with Crippen LogP contribution in [0.2, 0.25) is 0 Å².